The molecule has 0 aliphatic carbocycles. The number of ether oxygens (including phenoxy) is 2. The van der Waals surface area contributed by atoms with Crippen molar-refractivity contribution in [1.29, 1.82) is 0 Å². The van der Waals surface area contributed by atoms with E-state index in [1.54, 1.807) is 24.3 Å². The van der Waals surface area contributed by atoms with Crippen LogP contribution in [0, 0.1) is 0 Å². The van der Waals surface area contributed by atoms with Crippen LogP contribution in [0.2, 0.25) is 0 Å². The summed E-state index contributed by atoms with van der Waals surface area (Å²) in [6.45, 7) is 2.80. The van der Waals surface area contributed by atoms with Crippen molar-refractivity contribution in [3.05, 3.63) is 29.8 Å². The summed E-state index contributed by atoms with van der Waals surface area (Å²) in [4.78, 5) is 22.3. The summed E-state index contributed by atoms with van der Waals surface area (Å²) >= 11 is 5.75. The van der Waals surface area contributed by atoms with Crippen LogP contribution in [-0.2, 0) is 9.53 Å². The molecule has 146 valence electrons. The quantitative estimate of drug-likeness (QED) is 0.274. The Morgan fingerprint density at radius 2 is 1.46 bits per heavy atom. The molecule has 0 N–H and O–H groups in total. The van der Waals surface area contributed by atoms with E-state index >= 15 is 0 Å². The minimum absolute atomic E-state index is 0.0895. The van der Waals surface area contributed by atoms with Crippen LogP contribution in [0.5, 0.6) is 5.75 Å². The Morgan fingerprint density at radius 1 is 0.923 bits per heavy atom. The Labute approximate surface area is 161 Å². The highest BCUT2D eigenvalue weighted by molar-refractivity contribution is 6.20. The molecule has 0 saturated carbocycles. The van der Waals surface area contributed by atoms with E-state index < -0.39 is 0 Å². The standard InChI is InChI=1S/C20H30ClNO4/c1-17(23)22(21)15-9-7-5-3-4-6-8-10-16-26-19-13-11-18(12-14-19)20(24)25-2/h11-14H,3-10,15-16H2,1-2H3. The summed E-state index contributed by atoms with van der Waals surface area (Å²) in [6, 6.07) is 7.00. The number of benzene rings is 1. The van der Waals surface area contributed by atoms with Gasteiger partial charge in [0.05, 0.1) is 19.3 Å². The Balaban J connectivity index is 1.95. The van der Waals surface area contributed by atoms with E-state index in [2.05, 4.69) is 4.74 Å². The highest BCUT2D eigenvalue weighted by atomic mass is 35.5. The molecule has 5 nitrogen and oxygen atoms in total. The van der Waals surface area contributed by atoms with E-state index in [0.717, 1.165) is 31.4 Å². The zero-order valence-corrected chi connectivity index (χ0v) is 16.6. The van der Waals surface area contributed by atoms with E-state index in [0.29, 0.717) is 18.7 Å². The molecule has 0 aliphatic rings. The average Bonchev–Trinajstić information content (AvgIpc) is 2.65. The SMILES string of the molecule is COC(=O)c1ccc(OCCCCCCCCCCN(Cl)C(C)=O)cc1. The molecule has 1 aromatic carbocycles. The van der Waals surface area contributed by atoms with Gasteiger partial charge in [0, 0.05) is 25.2 Å². The molecule has 26 heavy (non-hydrogen) atoms. The monoisotopic (exact) mass is 383 g/mol. The maximum absolute atomic E-state index is 11.3. The second-order valence-electron chi connectivity index (χ2n) is 6.30. The summed E-state index contributed by atoms with van der Waals surface area (Å²) < 4.78 is 11.6. The molecule has 0 saturated heterocycles. The first-order chi connectivity index (χ1) is 12.5. The fraction of sp³-hybridized carbons (Fsp3) is 0.600. The van der Waals surface area contributed by atoms with Gasteiger partial charge >= 0.3 is 5.97 Å². The molecule has 1 amide bonds. The number of unbranched alkanes of at least 4 members (excludes halogenated alkanes) is 7. The van der Waals surface area contributed by atoms with Gasteiger partial charge in [0.15, 0.2) is 0 Å². The maximum atomic E-state index is 11.3. The minimum Gasteiger partial charge on any atom is -0.494 e. The van der Waals surface area contributed by atoms with Crippen molar-refractivity contribution < 1.29 is 19.1 Å². The summed E-state index contributed by atoms with van der Waals surface area (Å²) in [7, 11) is 1.37. The highest BCUT2D eigenvalue weighted by Crippen LogP contribution is 2.14. The topological polar surface area (TPSA) is 55.8 Å². The Hall–Kier alpha value is -1.75. The molecule has 0 unspecified atom stereocenters. The number of nitrogens with zero attached hydrogens (tertiary/aromatic N) is 1. The molecule has 0 heterocycles. The summed E-state index contributed by atoms with van der Waals surface area (Å²) in [5, 5.41) is 0. The van der Waals surface area contributed by atoms with Crippen molar-refractivity contribution in [2.24, 2.45) is 0 Å². The van der Waals surface area contributed by atoms with Crippen molar-refractivity contribution in [3.63, 3.8) is 0 Å². The molecule has 1 rings (SSSR count). The predicted octanol–water partition coefficient (Wildman–Crippen LogP) is 4.98. The smallest absolute Gasteiger partial charge is 0.337 e. The second-order valence-corrected chi connectivity index (χ2v) is 6.71. The number of rotatable bonds is 13. The van der Waals surface area contributed by atoms with Crippen molar-refractivity contribution in [2.45, 2.75) is 58.3 Å². The molecule has 6 heteroatoms. The van der Waals surface area contributed by atoms with Crippen LogP contribution in [0.4, 0.5) is 0 Å². The third kappa shape index (κ3) is 9.66. The largest absolute Gasteiger partial charge is 0.494 e. The molecule has 0 aliphatic heterocycles. The molecule has 0 aromatic heterocycles. The van der Waals surface area contributed by atoms with E-state index in [1.165, 1.54) is 44.1 Å². The summed E-state index contributed by atoms with van der Waals surface area (Å²) in [5.41, 5.74) is 0.528. The normalized spacial score (nSPS) is 10.4. The fourth-order valence-electron chi connectivity index (χ4n) is 2.57. The van der Waals surface area contributed by atoms with Crippen molar-refractivity contribution in [2.75, 3.05) is 20.3 Å². The summed E-state index contributed by atoms with van der Waals surface area (Å²) in [5.74, 6) is 0.347. The molecule has 0 spiro atoms. The molecule has 0 fully saturated rings. The molecular formula is C20H30ClNO4. The van der Waals surface area contributed by atoms with E-state index in [9.17, 15) is 9.59 Å². The highest BCUT2D eigenvalue weighted by Gasteiger charge is 2.05. The minimum atomic E-state index is -0.338. The number of esters is 1. The van der Waals surface area contributed by atoms with Crippen LogP contribution < -0.4 is 4.74 Å². The third-order valence-corrected chi connectivity index (χ3v) is 4.54. The van der Waals surface area contributed by atoms with Crippen LogP contribution in [0.15, 0.2) is 24.3 Å². The molecular weight excluding hydrogens is 354 g/mol. The van der Waals surface area contributed by atoms with Gasteiger partial charge < -0.3 is 9.47 Å². The van der Waals surface area contributed by atoms with Gasteiger partial charge in [-0.1, -0.05) is 38.5 Å². The van der Waals surface area contributed by atoms with Gasteiger partial charge in [-0.05, 0) is 37.1 Å². The lowest BCUT2D eigenvalue weighted by molar-refractivity contribution is -0.124. The van der Waals surface area contributed by atoms with E-state index in [4.69, 9.17) is 16.5 Å². The van der Waals surface area contributed by atoms with Crippen LogP contribution in [-0.4, -0.2) is 36.6 Å². The van der Waals surface area contributed by atoms with Crippen LogP contribution >= 0.6 is 11.8 Å². The first-order valence-electron chi connectivity index (χ1n) is 9.29. The van der Waals surface area contributed by atoms with E-state index in [1.807, 2.05) is 0 Å². The molecule has 0 bridgehead atoms. The lowest BCUT2D eigenvalue weighted by Gasteiger charge is -2.10. The van der Waals surface area contributed by atoms with Gasteiger partial charge in [-0.25, -0.2) is 4.79 Å². The zero-order chi connectivity index (χ0) is 19.2. The van der Waals surface area contributed by atoms with Gasteiger partial charge in [-0.3, -0.25) is 9.21 Å². The van der Waals surface area contributed by atoms with Crippen molar-refractivity contribution >= 4 is 23.7 Å². The molecule has 0 atom stereocenters. The van der Waals surface area contributed by atoms with Crippen LogP contribution in [0.3, 0.4) is 0 Å². The van der Waals surface area contributed by atoms with Gasteiger partial charge in [0.25, 0.3) is 0 Å². The Bertz CT molecular complexity index is 533. The first kappa shape index (κ1) is 22.3. The van der Waals surface area contributed by atoms with Crippen molar-refractivity contribution in [3.8, 4) is 5.75 Å². The fourth-order valence-corrected chi connectivity index (χ4v) is 2.69. The number of amides is 1. The number of hydrogen-bond acceptors (Lipinski definition) is 4. The lowest BCUT2D eigenvalue weighted by Crippen LogP contribution is -2.18. The number of carbonyl (C=O) groups excluding carboxylic acids is 2. The molecule has 0 radical (unpaired) electrons. The number of carbonyl (C=O) groups is 2. The first-order valence-corrected chi connectivity index (χ1v) is 9.63. The van der Waals surface area contributed by atoms with E-state index in [-0.39, 0.29) is 11.9 Å². The second kappa shape index (κ2) is 13.5. The maximum Gasteiger partial charge on any atom is 0.337 e. The number of halogens is 1. The predicted molar refractivity (Wildman–Crippen MR) is 103 cm³/mol. The Morgan fingerprint density at radius 3 is 2.00 bits per heavy atom. The lowest BCUT2D eigenvalue weighted by atomic mass is 10.1. The van der Waals surface area contributed by atoms with Crippen molar-refractivity contribution in [1.82, 2.24) is 4.42 Å². The summed E-state index contributed by atoms with van der Waals surface area (Å²) in [6.07, 6.45) is 9.10. The van der Waals surface area contributed by atoms with Gasteiger partial charge in [0.1, 0.15) is 5.75 Å². The number of hydrogen-bond donors (Lipinski definition) is 0. The number of methoxy groups -OCH3 is 1. The average molecular weight is 384 g/mol. The van der Waals surface area contributed by atoms with Crippen LogP contribution in [0.25, 0.3) is 0 Å². The van der Waals surface area contributed by atoms with Crippen LogP contribution in [0.1, 0.15) is 68.6 Å². The van der Waals surface area contributed by atoms with Gasteiger partial charge in [-0.15, -0.1) is 0 Å². The molecule has 1 aromatic rings. The van der Waals surface area contributed by atoms with Gasteiger partial charge in [0.2, 0.25) is 5.91 Å². The zero-order valence-electron chi connectivity index (χ0n) is 15.8. The third-order valence-electron chi connectivity index (χ3n) is 4.13. The van der Waals surface area contributed by atoms with Gasteiger partial charge in [-0.2, -0.15) is 0 Å². The Kier molecular flexibility index (Phi) is 11.5.